The fourth-order valence-corrected chi connectivity index (χ4v) is 1.79. The molecule has 8 nitrogen and oxygen atoms in total. The maximum Gasteiger partial charge on any atom is 0.339 e. The first-order valence-electron chi connectivity index (χ1n) is 5.28. The lowest BCUT2D eigenvalue weighted by atomic mass is 10.1. The maximum absolute atomic E-state index is 10.9. The van der Waals surface area contributed by atoms with Gasteiger partial charge in [-0.05, 0) is 18.2 Å². The molecule has 0 amide bonds. The van der Waals surface area contributed by atoms with Gasteiger partial charge < -0.3 is 15.3 Å². The summed E-state index contributed by atoms with van der Waals surface area (Å²) in [5.41, 5.74) is 0.00689. The number of carboxylic acids is 2. The quantitative estimate of drug-likeness (QED) is 0.767. The second-order valence-electron chi connectivity index (χ2n) is 3.82. The lowest BCUT2D eigenvalue weighted by Crippen LogP contribution is -2.09. The average molecular weight is 298 g/mol. The summed E-state index contributed by atoms with van der Waals surface area (Å²) in [7, 11) is 0. The number of aromatic hydroxyl groups is 1. The minimum absolute atomic E-state index is 0.0858. The maximum atomic E-state index is 10.9. The van der Waals surface area contributed by atoms with E-state index in [1.165, 1.54) is 12.1 Å². The number of halogens is 1. The van der Waals surface area contributed by atoms with Crippen molar-refractivity contribution in [3.63, 3.8) is 0 Å². The first-order chi connectivity index (χ1) is 9.40. The van der Waals surface area contributed by atoms with Gasteiger partial charge in [0.05, 0.1) is 17.8 Å². The normalized spacial score (nSPS) is 10.4. The van der Waals surface area contributed by atoms with E-state index in [2.05, 4.69) is 10.3 Å². The highest BCUT2D eigenvalue weighted by Crippen LogP contribution is 2.23. The summed E-state index contributed by atoms with van der Waals surface area (Å²) < 4.78 is 1.11. The lowest BCUT2D eigenvalue weighted by molar-refractivity contribution is -0.136. The summed E-state index contributed by atoms with van der Waals surface area (Å²) in [6.07, 6.45) is -0.422. The molecule has 1 aromatic carbocycles. The Labute approximate surface area is 116 Å². The summed E-state index contributed by atoms with van der Waals surface area (Å²) in [4.78, 5) is 21.7. The van der Waals surface area contributed by atoms with Gasteiger partial charge in [0.15, 0.2) is 5.15 Å². The molecule has 1 heterocycles. The molecule has 2 aromatic rings. The van der Waals surface area contributed by atoms with E-state index in [1.54, 1.807) is 0 Å². The molecule has 0 saturated carbocycles. The van der Waals surface area contributed by atoms with Crippen molar-refractivity contribution in [2.24, 2.45) is 0 Å². The Kier molecular flexibility index (Phi) is 3.57. The number of rotatable bonds is 4. The van der Waals surface area contributed by atoms with Crippen molar-refractivity contribution in [3.8, 4) is 11.4 Å². The molecule has 9 heteroatoms. The molecular weight excluding hydrogens is 290 g/mol. The van der Waals surface area contributed by atoms with E-state index < -0.39 is 24.1 Å². The number of aromatic nitrogens is 3. The van der Waals surface area contributed by atoms with Gasteiger partial charge in [0.2, 0.25) is 0 Å². The summed E-state index contributed by atoms with van der Waals surface area (Å²) >= 11 is 5.75. The fraction of sp³-hybridized carbons (Fsp3) is 0.0909. The van der Waals surface area contributed by atoms with E-state index in [1.807, 2.05) is 0 Å². The van der Waals surface area contributed by atoms with E-state index in [4.69, 9.17) is 21.8 Å². The Balaban J connectivity index is 2.54. The number of hydrogen-bond acceptors (Lipinski definition) is 5. The van der Waals surface area contributed by atoms with Gasteiger partial charge >= 0.3 is 11.9 Å². The minimum atomic E-state index is -1.32. The molecule has 0 atom stereocenters. The van der Waals surface area contributed by atoms with Crippen molar-refractivity contribution in [3.05, 3.63) is 34.6 Å². The van der Waals surface area contributed by atoms with Crippen molar-refractivity contribution in [2.45, 2.75) is 6.42 Å². The van der Waals surface area contributed by atoms with Crippen LogP contribution in [0.15, 0.2) is 18.2 Å². The van der Waals surface area contributed by atoms with Crippen molar-refractivity contribution >= 4 is 23.5 Å². The summed E-state index contributed by atoms with van der Waals surface area (Å²) in [5, 5.41) is 34.3. The molecule has 0 unspecified atom stereocenters. The highest BCUT2D eigenvalue weighted by Gasteiger charge is 2.18. The van der Waals surface area contributed by atoms with Crippen LogP contribution in [0.1, 0.15) is 16.1 Å². The molecule has 3 N–H and O–H groups in total. The van der Waals surface area contributed by atoms with Crippen LogP contribution in [0.25, 0.3) is 5.69 Å². The van der Waals surface area contributed by atoms with Crippen LogP contribution < -0.4 is 0 Å². The Morgan fingerprint density at radius 2 is 2.00 bits per heavy atom. The Bertz CT molecular complexity index is 697. The Morgan fingerprint density at radius 1 is 1.30 bits per heavy atom. The molecule has 0 spiro atoms. The van der Waals surface area contributed by atoms with Crippen molar-refractivity contribution in [2.75, 3.05) is 0 Å². The van der Waals surface area contributed by atoms with Gasteiger partial charge in [0, 0.05) is 0 Å². The van der Waals surface area contributed by atoms with Crippen LogP contribution in [-0.4, -0.2) is 42.3 Å². The molecule has 0 aliphatic heterocycles. The summed E-state index contributed by atoms with van der Waals surface area (Å²) in [6.45, 7) is 0. The Hall–Kier alpha value is -2.61. The SMILES string of the molecule is O=C(O)Cc1c(Cl)nnn1-c1ccc(O)c(C(=O)O)c1. The second kappa shape index (κ2) is 5.17. The molecule has 20 heavy (non-hydrogen) atoms. The zero-order valence-corrected chi connectivity index (χ0v) is 10.6. The van der Waals surface area contributed by atoms with Gasteiger partial charge in [-0.15, -0.1) is 5.10 Å². The van der Waals surface area contributed by atoms with Gasteiger partial charge in [0.25, 0.3) is 0 Å². The van der Waals surface area contributed by atoms with E-state index in [0.717, 1.165) is 10.7 Å². The van der Waals surface area contributed by atoms with E-state index in [-0.39, 0.29) is 22.1 Å². The Morgan fingerprint density at radius 3 is 2.60 bits per heavy atom. The van der Waals surface area contributed by atoms with Gasteiger partial charge in [-0.2, -0.15) is 0 Å². The number of aromatic carboxylic acids is 1. The first kappa shape index (κ1) is 13.8. The van der Waals surface area contributed by atoms with Crippen LogP contribution >= 0.6 is 11.6 Å². The van der Waals surface area contributed by atoms with Crippen LogP contribution in [0.4, 0.5) is 0 Å². The third kappa shape index (κ3) is 2.54. The summed E-state index contributed by atoms with van der Waals surface area (Å²) in [5.74, 6) is -2.87. The van der Waals surface area contributed by atoms with Crippen molar-refractivity contribution in [1.82, 2.24) is 15.0 Å². The molecule has 104 valence electrons. The van der Waals surface area contributed by atoms with Crippen LogP contribution in [0.2, 0.25) is 5.15 Å². The minimum Gasteiger partial charge on any atom is -0.507 e. The summed E-state index contributed by atoms with van der Waals surface area (Å²) in [6, 6.07) is 3.69. The van der Waals surface area contributed by atoms with E-state index in [0.29, 0.717) is 0 Å². The van der Waals surface area contributed by atoms with Gasteiger partial charge in [0.1, 0.15) is 11.3 Å². The zero-order valence-electron chi connectivity index (χ0n) is 9.82. The molecule has 0 radical (unpaired) electrons. The molecule has 0 aliphatic rings. The third-order valence-electron chi connectivity index (χ3n) is 2.49. The van der Waals surface area contributed by atoms with Crippen LogP contribution in [0.5, 0.6) is 5.75 Å². The van der Waals surface area contributed by atoms with Gasteiger partial charge in [-0.25, -0.2) is 9.48 Å². The van der Waals surface area contributed by atoms with E-state index in [9.17, 15) is 14.7 Å². The zero-order chi connectivity index (χ0) is 14.9. The molecule has 0 bridgehead atoms. The molecule has 0 fully saturated rings. The number of benzene rings is 1. The predicted molar refractivity (Wildman–Crippen MR) is 66.3 cm³/mol. The smallest absolute Gasteiger partial charge is 0.339 e. The average Bonchev–Trinajstić information content (AvgIpc) is 2.71. The lowest BCUT2D eigenvalue weighted by Gasteiger charge is -2.07. The number of hydrogen-bond donors (Lipinski definition) is 3. The largest absolute Gasteiger partial charge is 0.507 e. The highest BCUT2D eigenvalue weighted by molar-refractivity contribution is 6.30. The van der Waals surface area contributed by atoms with Crippen LogP contribution in [-0.2, 0) is 11.2 Å². The van der Waals surface area contributed by atoms with Crippen LogP contribution in [0, 0.1) is 0 Å². The van der Waals surface area contributed by atoms with Crippen molar-refractivity contribution < 1.29 is 24.9 Å². The van der Waals surface area contributed by atoms with E-state index >= 15 is 0 Å². The molecule has 2 rings (SSSR count). The number of nitrogens with zero attached hydrogens (tertiary/aromatic N) is 3. The highest BCUT2D eigenvalue weighted by atomic mass is 35.5. The van der Waals surface area contributed by atoms with Gasteiger partial charge in [-0.1, -0.05) is 16.8 Å². The van der Waals surface area contributed by atoms with Gasteiger partial charge in [-0.3, -0.25) is 4.79 Å². The molecule has 0 saturated heterocycles. The standard InChI is InChI=1S/C11H8ClN3O5/c12-10-7(4-9(17)18)15(14-13-10)5-1-2-8(16)6(3-5)11(19)20/h1-3,16H,4H2,(H,17,18)(H,19,20). The van der Waals surface area contributed by atoms with Crippen molar-refractivity contribution in [1.29, 1.82) is 0 Å². The number of phenols is 1. The molecular formula is C11H8ClN3O5. The second-order valence-corrected chi connectivity index (χ2v) is 4.17. The van der Waals surface area contributed by atoms with Crippen LogP contribution in [0.3, 0.4) is 0 Å². The number of carboxylic acid groups (broad SMARTS) is 2. The monoisotopic (exact) mass is 297 g/mol. The molecule has 1 aromatic heterocycles. The molecule has 0 aliphatic carbocycles. The fourth-order valence-electron chi connectivity index (χ4n) is 1.61. The number of carbonyl (C=O) groups is 2. The third-order valence-corrected chi connectivity index (χ3v) is 2.78. The number of aliphatic carboxylic acids is 1. The first-order valence-corrected chi connectivity index (χ1v) is 5.66. The topological polar surface area (TPSA) is 126 Å². The predicted octanol–water partition coefficient (Wildman–Crippen LogP) is 0.952.